The Morgan fingerprint density at radius 1 is 1.05 bits per heavy atom. The molecule has 1 N–H and O–H groups in total. The highest BCUT2D eigenvalue weighted by Crippen LogP contribution is 2.30. The molecule has 0 spiro atoms. The van der Waals surface area contributed by atoms with Gasteiger partial charge >= 0.3 is 0 Å². The molecule has 0 atom stereocenters. The van der Waals surface area contributed by atoms with Gasteiger partial charge in [-0.2, -0.15) is 0 Å². The first-order valence-electron chi connectivity index (χ1n) is 7.50. The highest BCUT2D eigenvalue weighted by atomic mass is 19.1. The van der Waals surface area contributed by atoms with Crippen LogP contribution < -0.4 is 10.1 Å². The van der Waals surface area contributed by atoms with Crippen molar-refractivity contribution in [3.63, 3.8) is 0 Å². The number of ether oxygens (including phenoxy) is 1. The Balaban J connectivity index is 1.71. The van der Waals surface area contributed by atoms with Crippen molar-refractivity contribution in [1.82, 2.24) is 5.32 Å². The smallest absolute Gasteiger partial charge is 0.126 e. The molecule has 2 aromatic rings. The van der Waals surface area contributed by atoms with Crippen LogP contribution in [0.1, 0.15) is 29.9 Å². The Kier molecular flexibility index (Phi) is 4.51. The molecule has 1 saturated heterocycles. The maximum Gasteiger partial charge on any atom is 0.126 e. The summed E-state index contributed by atoms with van der Waals surface area (Å²) in [5.74, 6) is 0.925. The van der Waals surface area contributed by atoms with Crippen LogP contribution >= 0.6 is 0 Å². The molecule has 3 rings (SSSR count). The molecule has 0 amide bonds. The average Bonchev–Trinajstić information content (AvgIpc) is 2.56. The molecule has 0 aliphatic carbocycles. The Morgan fingerprint density at radius 2 is 1.81 bits per heavy atom. The fraction of sp³-hybridized carbons (Fsp3) is 0.333. The largest absolute Gasteiger partial charge is 0.489 e. The van der Waals surface area contributed by atoms with Crippen molar-refractivity contribution in [3.05, 3.63) is 65.5 Å². The lowest BCUT2D eigenvalue weighted by molar-refractivity contribution is 0.304. The standard InChI is InChI=1S/C18H20FNO/c19-18-7-6-16(21-13-14-4-2-1-3-5-14)12-17(18)15-8-10-20-11-9-15/h1-7,12,15,20H,8-11,13H2. The van der Waals surface area contributed by atoms with Crippen LogP contribution in [0, 0.1) is 5.82 Å². The summed E-state index contributed by atoms with van der Waals surface area (Å²) >= 11 is 0. The highest BCUT2D eigenvalue weighted by Gasteiger charge is 2.19. The molecular weight excluding hydrogens is 265 g/mol. The van der Waals surface area contributed by atoms with E-state index in [1.54, 1.807) is 6.07 Å². The number of hydrogen-bond donors (Lipinski definition) is 1. The van der Waals surface area contributed by atoms with Crippen LogP contribution in [-0.4, -0.2) is 13.1 Å². The molecule has 1 aliphatic rings. The zero-order valence-corrected chi connectivity index (χ0v) is 12.0. The van der Waals surface area contributed by atoms with E-state index < -0.39 is 0 Å². The molecule has 0 radical (unpaired) electrons. The monoisotopic (exact) mass is 285 g/mol. The molecular formula is C18H20FNO. The first-order chi connectivity index (χ1) is 10.3. The minimum Gasteiger partial charge on any atom is -0.489 e. The van der Waals surface area contributed by atoms with E-state index in [-0.39, 0.29) is 5.82 Å². The second-order valence-corrected chi connectivity index (χ2v) is 5.48. The molecule has 0 saturated carbocycles. The van der Waals surface area contributed by atoms with Crippen LogP contribution in [0.5, 0.6) is 5.75 Å². The number of nitrogens with one attached hydrogen (secondary N) is 1. The normalized spacial score (nSPS) is 15.9. The fourth-order valence-electron chi connectivity index (χ4n) is 2.80. The molecule has 110 valence electrons. The van der Waals surface area contributed by atoms with Crippen molar-refractivity contribution in [1.29, 1.82) is 0 Å². The van der Waals surface area contributed by atoms with E-state index in [1.165, 1.54) is 6.07 Å². The molecule has 0 unspecified atom stereocenters. The zero-order chi connectivity index (χ0) is 14.5. The van der Waals surface area contributed by atoms with Gasteiger partial charge in [0.25, 0.3) is 0 Å². The van der Waals surface area contributed by atoms with Gasteiger partial charge in [-0.25, -0.2) is 4.39 Å². The van der Waals surface area contributed by atoms with Gasteiger partial charge in [-0.15, -0.1) is 0 Å². The molecule has 0 bridgehead atoms. The van der Waals surface area contributed by atoms with E-state index in [1.807, 2.05) is 36.4 Å². The van der Waals surface area contributed by atoms with Gasteiger partial charge in [-0.3, -0.25) is 0 Å². The van der Waals surface area contributed by atoms with Crippen LogP contribution in [-0.2, 0) is 6.61 Å². The Morgan fingerprint density at radius 3 is 2.57 bits per heavy atom. The average molecular weight is 285 g/mol. The second kappa shape index (κ2) is 6.72. The minimum atomic E-state index is -0.117. The van der Waals surface area contributed by atoms with Crippen LogP contribution in [0.2, 0.25) is 0 Å². The van der Waals surface area contributed by atoms with Crippen LogP contribution in [0.25, 0.3) is 0 Å². The summed E-state index contributed by atoms with van der Waals surface area (Å²) in [6.07, 6.45) is 1.97. The molecule has 1 heterocycles. The predicted octanol–water partition coefficient (Wildman–Crippen LogP) is 3.87. The van der Waals surface area contributed by atoms with Crippen molar-refractivity contribution in [2.24, 2.45) is 0 Å². The lowest BCUT2D eigenvalue weighted by atomic mass is 9.90. The highest BCUT2D eigenvalue weighted by molar-refractivity contribution is 5.33. The number of hydrogen-bond acceptors (Lipinski definition) is 2. The summed E-state index contributed by atoms with van der Waals surface area (Å²) in [6.45, 7) is 2.43. The molecule has 1 fully saturated rings. The second-order valence-electron chi connectivity index (χ2n) is 5.48. The van der Waals surface area contributed by atoms with Crippen molar-refractivity contribution in [2.45, 2.75) is 25.4 Å². The van der Waals surface area contributed by atoms with Gasteiger partial charge < -0.3 is 10.1 Å². The topological polar surface area (TPSA) is 21.3 Å². The van der Waals surface area contributed by atoms with Gasteiger partial charge in [0.05, 0.1) is 0 Å². The van der Waals surface area contributed by atoms with Crippen LogP contribution in [0.3, 0.4) is 0 Å². The predicted molar refractivity (Wildman–Crippen MR) is 82.0 cm³/mol. The summed E-state index contributed by atoms with van der Waals surface area (Å²) in [6, 6.07) is 15.1. The summed E-state index contributed by atoms with van der Waals surface area (Å²) < 4.78 is 19.8. The molecule has 3 heteroatoms. The van der Waals surface area contributed by atoms with Gasteiger partial charge in [0, 0.05) is 0 Å². The lowest BCUT2D eigenvalue weighted by Crippen LogP contribution is -2.27. The third-order valence-electron chi connectivity index (χ3n) is 3.99. The zero-order valence-electron chi connectivity index (χ0n) is 12.0. The van der Waals surface area contributed by atoms with Crippen molar-refractivity contribution >= 4 is 0 Å². The van der Waals surface area contributed by atoms with Gasteiger partial charge in [-0.05, 0) is 61.2 Å². The van der Waals surface area contributed by atoms with Crippen LogP contribution in [0.15, 0.2) is 48.5 Å². The maximum atomic E-state index is 14.0. The third-order valence-corrected chi connectivity index (χ3v) is 3.99. The van der Waals surface area contributed by atoms with Crippen LogP contribution in [0.4, 0.5) is 4.39 Å². The van der Waals surface area contributed by atoms with E-state index in [2.05, 4.69) is 5.32 Å². The van der Waals surface area contributed by atoms with Crippen molar-refractivity contribution in [3.8, 4) is 5.75 Å². The first kappa shape index (κ1) is 14.1. The quantitative estimate of drug-likeness (QED) is 0.920. The fourth-order valence-corrected chi connectivity index (χ4v) is 2.80. The van der Waals surface area contributed by atoms with Gasteiger partial charge in [0.15, 0.2) is 0 Å². The first-order valence-corrected chi connectivity index (χ1v) is 7.50. The SMILES string of the molecule is Fc1ccc(OCc2ccccc2)cc1C1CCNCC1. The number of benzene rings is 2. The minimum absolute atomic E-state index is 0.117. The lowest BCUT2D eigenvalue weighted by Gasteiger charge is -2.23. The van der Waals surface area contributed by atoms with E-state index in [0.29, 0.717) is 12.5 Å². The van der Waals surface area contributed by atoms with Gasteiger partial charge in [0.2, 0.25) is 0 Å². The molecule has 2 aromatic carbocycles. The van der Waals surface area contributed by atoms with E-state index >= 15 is 0 Å². The summed E-state index contributed by atoms with van der Waals surface area (Å²) in [5.41, 5.74) is 1.91. The van der Waals surface area contributed by atoms with E-state index in [9.17, 15) is 4.39 Å². The molecule has 0 aromatic heterocycles. The molecule has 1 aliphatic heterocycles. The number of rotatable bonds is 4. The van der Waals surface area contributed by atoms with Gasteiger partial charge in [0.1, 0.15) is 18.2 Å². The Labute approximate surface area is 125 Å². The van der Waals surface area contributed by atoms with Crippen molar-refractivity contribution < 1.29 is 9.13 Å². The maximum absolute atomic E-state index is 14.0. The van der Waals surface area contributed by atoms with Crippen molar-refractivity contribution in [2.75, 3.05) is 13.1 Å². The van der Waals surface area contributed by atoms with E-state index in [0.717, 1.165) is 42.8 Å². The summed E-state index contributed by atoms with van der Waals surface area (Å²) in [5, 5.41) is 3.31. The molecule has 2 nitrogen and oxygen atoms in total. The number of piperidine rings is 1. The summed E-state index contributed by atoms with van der Waals surface area (Å²) in [4.78, 5) is 0. The number of halogens is 1. The van der Waals surface area contributed by atoms with E-state index in [4.69, 9.17) is 4.74 Å². The Bertz CT molecular complexity index is 579. The Hall–Kier alpha value is -1.87. The summed E-state index contributed by atoms with van der Waals surface area (Å²) in [7, 11) is 0. The van der Waals surface area contributed by atoms with Gasteiger partial charge in [-0.1, -0.05) is 30.3 Å². The third kappa shape index (κ3) is 3.61. The molecule has 21 heavy (non-hydrogen) atoms.